The van der Waals surface area contributed by atoms with E-state index in [1.165, 1.54) is 12.1 Å². The predicted molar refractivity (Wildman–Crippen MR) is 64.2 cm³/mol. The lowest BCUT2D eigenvalue weighted by Gasteiger charge is -2.40. The Morgan fingerprint density at radius 3 is 2.88 bits per heavy atom. The summed E-state index contributed by atoms with van der Waals surface area (Å²) >= 11 is 0. The highest BCUT2D eigenvalue weighted by atomic mass is 35.5. The van der Waals surface area contributed by atoms with E-state index in [4.69, 9.17) is 0 Å². The van der Waals surface area contributed by atoms with Gasteiger partial charge in [-0.25, -0.2) is 4.39 Å². The topological polar surface area (TPSA) is 32.3 Å². The number of aliphatic hydroxyl groups excluding tert-OH is 1. The fourth-order valence-corrected chi connectivity index (χ4v) is 2.16. The average Bonchev–Trinajstić information content (AvgIpc) is 2.23. The fourth-order valence-electron chi connectivity index (χ4n) is 2.16. The van der Waals surface area contributed by atoms with Gasteiger partial charge in [0, 0.05) is 0 Å². The third-order valence-corrected chi connectivity index (χ3v) is 3.24. The minimum Gasteiger partial charge on any atom is -0.391 e. The molecule has 0 radical (unpaired) electrons. The van der Waals surface area contributed by atoms with Gasteiger partial charge in [0.25, 0.3) is 0 Å². The van der Waals surface area contributed by atoms with Crippen LogP contribution >= 0.6 is 12.4 Å². The second-order valence-electron chi connectivity index (χ2n) is 4.30. The zero-order chi connectivity index (χ0) is 10.9. The molecule has 90 valence electrons. The van der Waals surface area contributed by atoms with Crippen molar-refractivity contribution >= 4 is 12.4 Å². The number of hydrogen-bond acceptors (Lipinski definition) is 2. The minimum atomic E-state index is -0.514. The standard InChI is InChI=1S/C12H16FNO.ClH/c1-12(11(15)6-3-7-14-12)9-4-2-5-10(13)8-9;/h2,4-5,8,11,14-15H,3,6-7H2,1H3;1H. The van der Waals surface area contributed by atoms with Crippen LogP contribution in [-0.4, -0.2) is 17.8 Å². The van der Waals surface area contributed by atoms with E-state index in [0.717, 1.165) is 24.9 Å². The van der Waals surface area contributed by atoms with Gasteiger partial charge in [-0.05, 0) is 44.0 Å². The molecule has 2 nitrogen and oxygen atoms in total. The van der Waals surface area contributed by atoms with Gasteiger partial charge >= 0.3 is 0 Å². The maximum atomic E-state index is 13.1. The van der Waals surface area contributed by atoms with Crippen LogP contribution in [0.1, 0.15) is 25.3 Å². The van der Waals surface area contributed by atoms with Gasteiger partial charge in [-0.1, -0.05) is 12.1 Å². The van der Waals surface area contributed by atoms with E-state index >= 15 is 0 Å². The maximum Gasteiger partial charge on any atom is 0.123 e. The van der Waals surface area contributed by atoms with Crippen LogP contribution in [0.25, 0.3) is 0 Å². The average molecular weight is 246 g/mol. The summed E-state index contributed by atoms with van der Waals surface area (Å²) in [5.74, 6) is -0.256. The summed E-state index contributed by atoms with van der Waals surface area (Å²) in [6, 6.07) is 6.44. The van der Waals surface area contributed by atoms with Gasteiger partial charge in [-0.15, -0.1) is 12.4 Å². The van der Waals surface area contributed by atoms with Crippen molar-refractivity contribution in [3.05, 3.63) is 35.6 Å². The molecule has 2 N–H and O–H groups in total. The van der Waals surface area contributed by atoms with E-state index in [-0.39, 0.29) is 18.2 Å². The van der Waals surface area contributed by atoms with E-state index in [1.54, 1.807) is 6.07 Å². The molecule has 0 saturated carbocycles. The normalized spacial score (nSPS) is 29.6. The Balaban J connectivity index is 0.00000128. The molecule has 16 heavy (non-hydrogen) atoms. The Kier molecular flexibility index (Phi) is 4.30. The lowest BCUT2D eigenvalue weighted by atomic mass is 9.81. The van der Waals surface area contributed by atoms with Gasteiger partial charge in [0.1, 0.15) is 5.82 Å². The van der Waals surface area contributed by atoms with Crippen molar-refractivity contribution in [3.63, 3.8) is 0 Å². The van der Waals surface area contributed by atoms with Crippen molar-refractivity contribution in [3.8, 4) is 0 Å². The molecule has 1 heterocycles. The molecule has 0 aromatic heterocycles. The predicted octanol–water partition coefficient (Wildman–Crippen LogP) is 2.21. The Morgan fingerprint density at radius 2 is 2.25 bits per heavy atom. The summed E-state index contributed by atoms with van der Waals surface area (Å²) in [5, 5.41) is 13.3. The summed E-state index contributed by atoms with van der Waals surface area (Å²) in [7, 11) is 0. The second-order valence-corrected chi connectivity index (χ2v) is 4.30. The molecule has 1 saturated heterocycles. The Morgan fingerprint density at radius 1 is 1.50 bits per heavy atom. The first-order chi connectivity index (χ1) is 7.13. The molecular weight excluding hydrogens is 229 g/mol. The smallest absolute Gasteiger partial charge is 0.123 e. The number of hydrogen-bond donors (Lipinski definition) is 2. The van der Waals surface area contributed by atoms with Crippen LogP contribution in [0, 0.1) is 5.82 Å². The third-order valence-electron chi connectivity index (χ3n) is 3.24. The monoisotopic (exact) mass is 245 g/mol. The molecule has 0 aliphatic carbocycles. The quantitative estimate of drug-likeness (QED) is 0.795. The molecule has 2 rings (SSSR count). The van der Waals surface area contributed by atoms with Crippen molar-refractivity contribution in [2.24, 2.45) is 0 Å². The van der Waals surface area contributed by atoms with E-state index in [2.05, 4.69) is 5.32 Å². The fraction of sp³-hybridized carbons (Fsp3) is 0.500. The van der Waals surface area contributed by atoms with Gasteiger partial charge in [0.15, 0.2) is 0 Å². The van der Waals surface area contributed by atoms with Gasteiger partial charge in [-0.2, -0.15) is 0 Å². The number of benzene rings is 1. The molecule has 2 unspecified atom stereocenters. The van der Waals surface area contributed by atoms with E-state index in [9.17, 15) is 9.50 Å². The molecule has 0 amide bonds. The molecular formula is C12H17ClFNO. The highest BCUT2D eigenvalue weighted by Crippen LogP contribution is 2.30. The number of halogens is 2. The van der Waals surface area contributed by atoms with Crippen LogP contribution in [0.2, 0.25) is 0 Å². The van der Waals surface area contributed by atoms with Crippen LogP contribution in [0.5, 0.6) is 0 Å². The minimum absolute atomic E-state index is 0. The van der Waals surface area contributed by atoms with Gasteiger partial charge in [0.05, 0.1) is 11.6 Å². The molecule has 1 fully saturated rings. The Hall–Kier alpha value is -0.640. The van der Waals surface area contributed by atoms with Gasteiger partial charge in [-0.3, -0.25) is 0 Å². The second kappa shape index (κ2) is 5.13. The number of rotatable bonds is 1. The van der Waals surface area contributed by atoms with Crippen molar-refractivity contribution in [2.45, 2.75) is 31.4 Å². The summed E-state index contributed by atoms with van der Waals surface area (Å²) in [6.07, 6.45) is 1.28. The zero-order valence-electron chi connectivity index (χ0n) is 9.24. The highest BCUT2D eigenvalue weighted by molar-refractivity contribution is 5.85. The first kappa shape index (κ1) is 13.4. The van der Waals surface area contributed by atoms with Gasteiger partial charge in [0.2, 0.25) is 0 Å². The highest BCUT2D eigenvalue weighted by Gasteiger charge is 2.36. The number of nitrogens with one attached hydrogen (secondary N) is 1. The van der Waals surface area contributed by atoms with Gasteiger partial charge < -0.3 is 10.4 Å². The van der Waals surface area contributed by atoms with Crippen molar-refractivity contribution in [2.75, 3.05) is 6.54 Å². The maximum absolute atomic E-state index is 13.1. The molecule has 1 aliphatic heterocycles. The van der Waals surface area contributed by atoms with E-state index in [0.29, 0.717) is 0 Å². The summed E-state index contributed by atoms with van der Waals surface area (Å²) in [4.78, 5) is 0. The van der Waals surface area contributed by atoms with E-state index < -0.39 is 11.6 Å². The molecule has 2 atom stereocenters. The summed E-state index contributed by atoms with van der Waals surface area (Å²) in [5.41, 5.74) is 0.301. The Labute approximate surface area is 101 Å². The first-order valence-electron chi connectivity index (χ1n) is 5.32. The summed E-state index contributed by atoms with van der Waals surface area (Å²) < 4.78 is 13.1. The zero-order valence-corrected chi connectivity index (χ0v) is 10.1. The SMILES string of the molecule is CC1(c2cccc(F)c2)NCCCC1O.Cl. The molecule has 4 heteroatoms. The number of aliphatic hydroxyl groups is 1. The van der Waals surface area contributed by atoms with Crippen LogP contribution < -0.4 is 5.32 Å². The Bertz CT molecular complexity index is 361. The van der Waals surface area contributed by atoms with Crippen LogP contribution in [0.4, 0.5) is 4.39 Å². The van der Waals surface area contributed by atoms with Crippen LogP contribution in [-0.2, 0) is 5.54 Å². The lowest BCUT2D eigenvalue weighted by molar-refractivity contribution is 0.0383. The first-order valence-corrected chi connectivity index (χ1v) is 5.32. The lowest BCUT2D eigenvalue weighted by Crippen LogP contribution is -2.53. The molecule has 1 aliphatic rings. The largest absolute Gasteiger partial charge is 0.391 e. The molecule has 0 bridgehead atoms. The molecule has 1 aromatic rings. The third kappa shape index (κ3) is 2.37. The summed E-state index contributed by atoms with van der Waals surface area (Å²) in [6.45, 7) is 2.79. The van der Waals surface area contributed by atoms with Crippen molar-refractivity contribution < 1.29 is 9.50 Å². The van der Waals surface area contributed by atoms with Crippen molar-refractivity contribution in [1.29, 1.82) is 0 Å². The number of piperidine rings is 1. The van der Waals surface area contributed by atoms with E-state index in [1.807, 2.05) is 13.0 Å². The van der Waals surface area contributed by atoms with Crippen molar-refractivity contribution in [1.82, 2.24) is 5.32 Å². The van der Waals surface area contributed by atoms with Crippen LogP contribution in [0.3, 0.4) is 0 Å². The van der Waals surface area contributed by atoms with Crippen LogP contribution in [0.15, 0.2) is 24.3 Å². The molecule has 0 spiro atoms. The molecule has 1 aromatic carbocycles.